The second-order valence-electron chi connectivity index (χ2n) is 6.51. The zero-order chi connectivity index (χ0) is 17.1. The first kappa shape index (κ1) is 16.9. The molecule has 1 aromatic carbocycles. The van der Waals surface area contributed by atoms with E-state index in [0.717, 1.165) is 61.9 Å². The van der Waals surface area contributed by atoms with Crippen molar-refractivity contribution in [2.45, 2.75) is 33.9 Å². The van der Waals surface area contributed by atoms with Crippen molar-refractivity contribution in [2.24, 2.45) is 5.92 Å². The molecule has 0 bridgehead atoms. The Bertz CT molecular complexity index is 717. The molecule has 6 nitrogen and oxygen atoms in total. The van der Waals surface area contributed by atoms with Crippen LogP contribution in [0.25, 0.3) is 11.0 Å². The second-order valence-corrected chi connectivity index (χ2v) is 6.51. The molecule has 0 aliphatic carbocycles. The molecule has 1 aliphatic rings. The second kappa shape index (κ2) is 7.32. The third-order valence-electron chi connectivity index (χ3n) is 4.40. The number of hydrogen-bond donors (Lipinski definition) is 1. The number of ether oxygens (including phenoxy) is 1. The molecule has 0 radical (unpaired) electrons. The van der Waals surface area contributed by atoms with Gasteiger partial charge in [0.05, 0.1) is 30.8 Å². The summed E-state index contributed by atoms with van der Waals surface area (Å²) < 4.78 is 7.66. The summed E-state index contributed by atoms with van der Waals surface area (Å²) in [7, 11) is 0. The Kier molecular flexibility index (Phi) is 5.16. The largest absolute Gasteiger partial charge is 0.379 e. The summed E-state index contributed by atoms with van der Waals surface area (Å²) >= 11 is 0. The maximum absolute atomic E-state index is 11.9. The predicted octanol–water partition coefficient (Wildman–Crippen LogP) is 2.48. The van der Waals surface area contributed by atoms with Crippen molar-refractivity contribution in [1.29, 1.82) is 0 Å². The Hall–Kier alpha value is -1.92. The summed E-state index contributed by atoms with van der Waals surface area (Å²) in [5, 5.41) is 2.95. The monoisotopic (exact) mass is 330 g/mol. The maximum atomic E-state index is 11.9. The number of hydrogen-bond acceptors (Lipinski definition) is 4. The molecule has 1 amide bonds. The lowest BCUT2D eigenvalue weighted by atomic mass is 10.2. The molecule has 0 unspecified atom stereocenters. The van der Waals surface area contributed by atoms with Crippen molar-refractivity contribution in [3.63, 3.8) is 0 Å². The van der Waals surface area contributed by atoms with Crippen LogP contribution in [0.15, 0.2) is 18.2 Å². The van der Waals surface area contributed by atoms with E-state index in [1.807, 2.05) is 32.0 Å². The Balaban J connectivity index is 1.85. The van der Waals surface area contributed by atoms with E-state index >= 15 is 0 Å². The standard InChI is InChI=1S/C18H26N4O2/c1-4-22-16-6-5-14(19-18(23)13(2)3)11-15(16)20-17(22)12-21-7-9-24-10-8-21/h5-6,11,13H,4,7-10,12H2,1-3H3,(H,19,23). The predicted molar refractivity (Wildman–Crippen MR) is 95.0 cm³/mol. The van der Waals surface area contributed by atoms with Crippen molar-refractivity contribution in [3.8, 4) is 0 Å². The minimum absolute atomic E-state index is 0.0258. The first-order chi connectivity index (χ1) is 11.6. The molecular weight excluding hydrogens is 304 g/mol. The summed E-state index contributed by atoms with van der Waals surface area (Å²) in [6.07, 6.45) is 0. The van der Waals surface area contributed by atoms with E-state index in [1.54, 1.807) is 0 Å². The van der Waals surface area contributed by atoms with E-state index in [0.29, 0.717) is 0 Å². The van der Waals surface area contributed by atoms with Crippen LogP contribution >= 0.6 is 0 Å². The summed E-state index contributed by atoms with van der Waals surface area (Å²) in [6.45, 7) is 11.1. The van der Waals surface area contributed by atoms with Gasteiger partial charge in [0.1, 0.15) is 5.82 Å². The molecule has 1 saturated heterocycles. The number of aryl methyl sites for hydroxylation is 1. The molecule has 3 rings (SSSR count). The molecule has 2 heterocycles. The van der Waals surface area contributed by atoms with Crippen molar-refractivity contribution >= 4 is 22.6 Å². The number of amides is 1. The minimum atomic E-state index is -0.0363. The molecule has 2 aromatic rings. The highest BCUT2D eigenvalue weighted by atomic mass is 16.5. The molecule has 6 heteroatoms. The van der Waals surface area contributed by atoms with Crippen molar-refractivity contribution in [3.05, 3.63) is 24.0 Å². The summed E-state index contributed by atoms with van der Waals surface area (Å²) in [5.41, 5.74) is 2.85. The number of anilines is 1. The number of nitrogens with one attached hydrogen (secondary N) is 1. The minimum Gasteiger partial charge on any atom is -0.379 e. The molecule has 0 spiro atoms. The first-order valence-electron chi connectivity index (χ1n) is 8.68. The van der Waals surface area contributed by atoms with Gasteiger partial charge >= 0.3 is 0 Å². The molecule has 1 N–H and O–H groups in total. The molecule has 0 atom stereocenters. The van der Waals surface area contributed by atoms with Crippen LogP contribution in [-0.2, 0) is 22.6 Å². The topological polar surface area (TPSA) is 59.4 Å². The molecule has 1 aliphatic heterocycles. The van der Waals surface area contributed by atoms with Gasteiger partial charge in [-0.1, -0.05) is 13.8 Å². The van der Waals surface area contributed by atoms with Crippen LogP contribution in [0.2, 0.25) is 0 Å². The Morgan fingerprint density at radius 1 is 1.33 bits per heavy atom. The highest BCUT2D eigenvalue weighted by Gasteiger charge is 2.16. The summed E-state index contributed by atoms with van der Waals surface area (Å²) in [5.74, 6) is 1.06. The van der Waals surface area contributed by atoms with E-state index in [1.165, 1.54) is 0 Å². The van der Waals surface area contributed by atoms with Gasteiger partial charge in [-0.2, -0.15) is 0 Å². The van der Waals surface area contributed by atoms with Crippen LogP contribution in [0.4, 0.5) is 5.69 Å². The van der Waals surface area contributed by atoms with Gasteiger partial charge in [-0.3, -0.25) is 9.69 Å². The highest BCUT2D eigenvalue weighted by Crippen LogP contribution is 2.22. The van der Waals surface area contributed by atoms with Crippen LogP contribution in [0.1, 0.15) is 26.6 Å². The fourth-order valence-electron chi connectivity index (χ4n) is 2.98. The molecule has 24 heavy (non-hydrogen) atoms. The van der Waals surface area contributed by atoms with Gasteiger partial charge < -0.3 is 14.6 Å². The summed E-state index contributed by atoms with van der Waals surface area (Å²) in [4.78, 5) is 19.1. The molecule has 1 aromatic heterocycles. The van der Waals surface area contributed by atoms with Crippen molar-refractivity contribution in [2.75, 3.05) is 31.6 Å². The fourth-order valence-corrected chi connectivity index (χ4v) is 2.98. The third kappa shape index (κ3) is 3.60. The van der Waals surface area contributed by atoms with Crippen LogP contribution in [-0.4, -0.2) is 46.7 Å². The fraction of sp³-hybridized carbons (Fsp3) is 0.556. The first-order valence-corrected chi connectivity index (χ1v) is 8.68. The van der Waals surface area contributed by atoms with Crippen molar-refractivity contribution < 1.29 is 9.53 Å². The maximum Gasteiger partial charge on any atom is 0.226 e. The normalized spacial score (nSPS) is 16.0. The number of imidazole rings is 1. The number of fused-ring (bicyclic) bond motifs is 1. The van der Waals surface area contributed by atoms with Crippen LogP contribution in [0.3, 0.4) is 0 Å². The lowest BCUT2D eigenvalue weighted by molar-refractivity contribution is -0.118. The van der Waals surface area contributed by atoms with Crippen LogP contribution in [0, 0.1) is 5.92 Å². The average molecular weight is 330 g/mol. The van der Waals surface area contributed by atoms with Gasteiger partial charge in [-0.15, -0.1) is 0 Å². The van der Waals surface area contributed by atoms with Crippen LogP contribution < -0.4 is 5.32 Å². The Morgan fingerprint density at radius 2 is 2.08 bits per heavy atom. The number of carbonyl (C=O) groups is 1. The number of nitrogens with zero attached hydrogens (tertiary/aromatic N) is 3. The zero-order valence-corrected chi connectivity index (χ0v) is 14.7. The average Bonchev–Trinajstić information content (AvgIpc) is 2.91. The quantitative estimate of drug-likeness (QED) is 0.915. The van der Waals surface area contributed by atoms with Gasteiger partial charge in [0, 0.05) is 31.2 Å². The number of morpholine rings is 1. The zero-order valence-electron chi connectivity index (χ0n) is 14.7. The Morgan fingerprint density at radius 3 is 2.75 bits per heavy atom. The van der Waals surface area contributed by atoms with Gasteiger partial charge in [0.25, 0.3) is 0 Å². The highest BCUT2D eigenvalue weighted by molar-refractivity contribution is 5.94. The van der Waals surface area contributed by atoms with Gasteiger partial charge in [0.15, 0.2) is 0 Å². The van der Waals surface area contributed by atoms with E-state index in [2.05, 4.69) is 21.7 Å². The SMILES string of the molecule is CCn1c(CN2CCOCC2)nc2cc(NC(=O)C(C)C)ccc21. The van der Waals surface area contributed by atoms with E-state index in [9.17, 15) is 4.79 Å². The van der Waals surface area contributed by atoms with Gasteiger partial charge in [0.2, 0.25) is 5.91 Å². The third-order valence-corrected chi connectivity index (χ3v) is 4.40. The van der Waals surface area contributed by atoms with Crippen LogP contribution in [0.5, 0.6) is 0 Å². The smallest absolute Gasteiger partial charge is 0.226 e. The lowest BCUT2D eigenvalue weighted by Crippen LogP contribution is -2.36. The molecule has 130 valence electrons. The van der Waals surface area contributed by atoms with Gasteiger partial charge in [-0.05, 0) is 25.1 Å². The number of carbonyl (C=O) groups excluding carboxylic acids is 1. The lowest BCUT2D eigenvalue weighted by Gasteiger charge is -2.26. The molecular formula is C18H26N4O2. The summed E-state index contributed by atoms with van der Waals surface area (Å²) in [6, 6.07) is 5.96. The number of benzene rings is 1. The van der Waals surface area contributed by atoms with Crippen molar-refractivity contribution in [1.82, 2.24) is 14.5 Å². The van der Waals surface area contributed by atoms with Gasteiger partial charge in [-0.25, -0.2) is 4.98 Å². The van der Waals surface area contributed by atoms with E-state index < -0.39 is 0 Å². The molecule has 1 fully saturated rings. The molecule has 0 saturated carbocycles. The number of aromatic nitrogens is 2. The van der Waals surface area contributed by atoms with E-state index in [-0.39, 0.29) is 11.8 Å². The Labute approximate surface area is 142 Å². The number of rotatable bonds is 5. The van der Waals surface area contributed by atoms with E-state index in [4.69, 9.17) is 9.72 Å².